The van der Waals surface area contributed by atoms with Crippen LogP contribution in [-0.4, -0.2) is 51.9 Å². The summed E-state index contributed by atoms with van der Waals surface area (Å²) in [6, 6.07) is 3.70. The fourth-order valence-corrected chi connectivity index (χ4v) is 3.08. The minimum absolute atomic E-state index is 0.0158. The van der Waals surface area contributed by atoms with Gasteiger partial charge in [-0.05, 0) is 31.4 Å². The first-order valence-corrected chi connectivity index (χ1v) is 8.71. The Labute approximate surface area is 147 Å². The number of furan rings is 1. The maximum absolute atomic E-state index is 12.3. The van der Waals surface area contributed by atoms with Crippen LogP contribution in [0.3, 0.4) is 0 Å². The molecule has 0 aromatic carbocycles. The number of likely N-dealkylation sites (tertiary alicyclic amines) is 1. The molecule has 2 aromatic heterocycles. The Morgan fingerprint density at radius 3 is 3.20 bits per heavy atom. The molecule has 2 aromatic rings. The van der Waals surface area contributed by atoms with E-state index in [-0.39, 0.29) is 11.9 Å². The maximum atomic E-state index is 12.3. The number of hydrogen-bond acceptors (Lipinski definition) is 5. The van der Waals surface area contributed by atoms with E-state index in [0.29, 0.717) is 26.3 Å². The summed E-state index contributed by atoms with van der Waals surface area (Å²) in [6.07, 6.45) is 6.13. The minimum atomic E-state index is -0.0158. The molecule has 0 aliphatic carbocycles. The van der Waals surface area contributed by atoms with Crippen molar-refractivity contribution in [2.45, 2.75) is 31.8 Å². The Morgan fingerprint density at radius 2 is 2.44 bits per heavy atom. The molecule has 1 N–H and O–H groups in total. The summed E-state index contributed by atoms with van der Waals surface area (Å²) < 4.78 is 12.6. The van der Waals surface area contributed by atoms with Crippen LogP contribution in [0.4, 0.5) is 4.79 Å². The van der Waals surface area contributed by atoms with E-state index in [1.165, 1.54) is 0 Å². The van der Waals surface area contributed by atoms with Crippen molar-refractivity contribution in [3.05, 3.63) is 36.3 Å². The third-order valence-electron chi connectivity index (χ3n) is 4.39. The number of aryl methyl sites for hydroxylation is 1. The number of carbonyl (C=O) groups excluding carboxylic acids is 1. The SMILES string of the molecule is Cn1cnnc1[C@H]1CCCN(C(=O)NCCCOCc2ccco2)C1. The molecule has 0 bridgehead atoms. The number of rotatable bonds is 7. The van der Waals surface area contributed by atoms with E-state index in [0.717, 1.165) is 37.4 Å². The lowest BCUT2D eigenvalue weighted by atomic mass is 9.97. The molecule has 1 atom stereocenters. The minimum Gasteiger partial charge on any atom is -0.467 e. The van der Waals surface area contributed by atoms with Gasteiger partial charge in [0.05, 0.1) is 6.26 Å². The molecule has 2 amide bonds. The van der Waals surface area contributed by atoms with Gasteiger partial charge >= 0.3 is 6.03 Å². The predicted molar refractivity (Wildman–Crippen MR) is 90.9 cm³/mol. The van der Waals surface area contributed by atoms with Crippen molar-refractivity contribution >= 4 is 6.03 Å². The van der Waals surface area contributed by atoms with Gasteiger partial charge in [0, 0.05) is 39.2 Å². The first-order valence-electron chi connectivity index (χ1n) is 8.71. The molecule has 8 heteroatoms. The number of carbonyl (C=O) groups is 1. The topological polar surface area (TPSA) is 85.4 Å². The Kier molecular flexibility index (Phi) is 6.05. The van der Waals surface area contributed by atoms with Crippen LogP contribution < -0.4 is 5.32 Å². The Morgan fingerprint density at radius 1 is 1.52 bits per heavy atom. The van der Waals surface area contributed by atoms with E-state index in [9.17, 15) is 4.79 Å². The standard InChI is InChI=1S/C17H25N5O3/c1-21-13-19-20-16(21)14-5-2-8-22(11-14)17(23)18-7-4-9-24-12-15-6-3-10-25-15/h3,6,10,13-14H,2,4-5,7-9,11-12H2,1H3,(H,18,23)/t14-/m0/s1. The van der Waals surface area contributed by atoms with Gasteiger partial charge in [-0.2, -0.15) is 0 Å². The molecule has 0 radical (unpaired) electrons. The van der Waals surface area contributed by atoms with Gasteiger partial charge in [0.1, 0.15) is 24.5 Å². The second-order valence-electron chi connectivity index (χ2n) is 6.30. The van der Waals surface area contributed by atoms with Gasteiger partial charge in [-0.1, -0.05) is 0 Å². The predicted octanol–water partition coefficient (Wildman–Crippen LogP) is 1.90. The fourth-order valence-electron chi connectivity index (χ4n) is 3.08. The summed E-state index contributed by atoms with van der Waals surface area (Å²) in [5.74, 6) is 2.01. The third kappa shape index (κ3) is 4.82. The first kappa shape index (κ1) is 17.5. The summed E-state index contributed by atoms with van der Waals surface area (Å²) in [7, 11) is 1.94. The molecule has 0 unspecified atom stereocenters. The smallest absolute Gasteiger partial charge is 0.317 e. The molecule has 1 aliphatic rings. The number of nitrogens with one attached hydrogen (secondary N) is 1. The van der Waals surface area contributed by atoms with Crippen LogP contribution in [0.2, 0.25) is 0 Å². The Balaban J connectivity index is 1.34. The second-order valence-corrected chi connectivity index (χ2v) is 6.30. The first-order chi connectivity index (χ1) is 12.2. The number of aromatic nitrogens is 3. The van der Waals surface area contributed by atoms with E-state index >= 15 is 0 Å². The third-order valence-corrected chi connectivity index (χ3v) is 4.39. The highest BCUT2D eigenvalue weighted by molar-refractivity contribution is 5.74. The quantitative estimate of drug-likeness (QED) is 0.773. The van der Waals surface area contributed by atoms with Crippen molar-refractivity contribution in [2.24, 2.45) is 7.05 Å². The molecular weight excluding hydrogens is 322 g/mol. The van der Waals surface area contributed by atoms with Crippen LogP contribution in [0.15, 0.2) is 29.1 Å². The van der Waals surface area contributed by atoms with E-state index < -0.39 is 0 Å². The molecule has 3 rings (SSSR count). The monoisotopic (exact) mass is 347 g/mol. The molecule has 8 nitrogen and oxygen atoms in total. The average molecular weight is 347 g/mol. The molecule has 1 aliphatic heterocycles. The molecule has 25 heavy (non-hydrogen) atoms. The van der Waals surface area contributed by atoms with Gasteiger partial charge in [-0.25, -0.2) is 4.79 Å². The number of nitrogens with zero attached hydrogens (tertiary/aromatic N) is 4. The van der Waals surface area contributed by atoms with Crippen LogP contribution in [0, 0.1) is 0 Å². The van der Waals surface area contributed by atoms with E-state index in [4.69, 9.17) is 9.15 Å². The van der Waals surface area contributed by atoms with Crippen molar-refractivity contribution in [2.75, 3.05) is 26.2 Å². The van der Waals surface area contributed by atoms with Crippen LogP contribution in [0.25, 0.3) is 0 Å². The highest BCUT2D eigenvalue weighted by Crippen LogP contribution is 2.24. The number of hydrogen-bond donors (Lipinski definition) is 1. The second kappa shape index (κ2) is 8.66. The number of piperidine rings is 1. The van der Waals surface area contributed by atoms with Crippen molar-refractivity contribution in [3.63, 3.8) is 0 Å². The molecule has 1 saturated heterocycles. The lowest BCUT2D eigenvalue weighted by Gasteiger charge is -2.32. The zero-order valence-corrected chi connectivity index (χ0v) is 14.6. The molecule has 1 fully saturated rings. The van der Waals surface area contributed by atoms with Gasteiger partial charge in [-0.3, -0.25) is 0 Å². The van der Waals surface area contributed by atoms with Gasteiger partial charge in [0.25, 0.3) is 0 Å². The van der Waals surface area contributed by atoms with Crippen molar-refractivity contribution in [1.29, 1.82) is 0 Å². The zero-order chi connectivity index (χ0) is 17.5. The summed E-state index contributed by atoms with van der Waals surface area (Å²) in [6.45, 7) is 3.12. The van der Waals surface area contributed by atoms with Crippen molar-refractivity contribution in [1.82, 2.24) is 25.0 Å². The fraction of sp³-hybridized carbons (Fsp3) is 0.588. The van der Waals surface area contributed by atoms with Gasteiger partial charge in [-0.15, -0.1) is 10.2 Å². The molecule has 0 spiro atoms. The van der Waals surface area contributed by atoms with Crippen LogP contribution >= 0.6 is 0 Å². The Bertz CT molecular complexity index is 655. The van der Waals surface area contributed by atoms with Gasteiger partial charge < -0.3 is 23.9 Å². The molecule has 0 saturated carbocycles. The van der Waals surface area contributed by atoms with Crippen LogP contribution in [0.1, 0.15) is 36.8 Å². The molecular formula is C17H25N5O3. The normalized spacial score (nSPS) is 17.6. The van der Waals surface area contributed by atoms with E-state index in [1.807, 2.05) is 28.6 Å². The largest absolute Gasteiger partial charge is 0.467 e. The summed E-state index contributed by atoms with van der Waals surface area (Å²) in [5.41, 5.74) is 0. The number of urea groups is 1. The van der Waals surface area contributed by atoms with Gasteiger partial charge in [0.15, 0.2) is 0 Å². The Hall–Kier alpha value is -2.35. The average Bonchev–Trinajstić information content (AvgIpc) is 3.29. The lowest BCUT2D eigenvalue weighted by molar-refractivity contribution is 0.104. The molecule has 136 valence electrons. The van der Waals surface area contributed by atoms with E-state index in [2.05, 4.69) is 15.5 Å². The van der Waals surface area contributed by atoms with E-state index in [1.54, 1.807) is 12.6 Å². The summed E-state index contributed by atoms with van der Waals surface area (Å²) in [4.78, 5) is 14.2. The highest BCUT2D eigenvalue weighted by atomic mass is 16.5. The summed E-state index contributed by atoms with van der Waals surface area (Å²) in [5, 5.41) is 11.1. The molecule has 3 heterocycles. The van der Waals surface area contributed by atoms with Crippen molar-refractivity contribution < 1.29 is 13.9 Å². The van der Waals surface area contributed by atoms with Gasteiger partial charge in [0.2, 0.25) is 0 Å². The summed E-state index contributed by atoms with van der Waals surface area (Å²) >= 11 is 0. The lowest BCUT2D eigenvalue weighted by Crippen LogP contribution is -2.45. The van der Waals surface area contributed by atoms with Crippen molar-refractivity contribution in [3.8, 4) is 0 Å². The van der Waals surface area contributed by atoms with Crippen LogP contribution in [-0.2, 0) is 18.4 Å². The number of amides is 2. The maximum Gasteiger partial charge on any atom is 0.317 e. The van der Waals surface area contributed by atoms with Crippen LogP contribution in [0.5, 0.6) is 0 Å². The zero-order valence-electron chi connectivity index (χ0n) is 14.6. The highest BCUT2D eigenvalue weighted by Gasteiger charge is 2.27. The number of ether oxygens (including phenoxy) is 1.